The van der Waals surface area contributed by atoms with Gasteiger partial charge in [-0.3, -0.25) is 5.10 Å². The van der Waals surface area contributed by atoms with Gasteiger partial charge in [0.05, 0.1) is 33.0 Å². The number of rotatable bonds is 4. The number of nitrogens with one attached hydrogen (secondary N) is 1. The van der Waals surface area contributed by atoms with Crippen LogP contribution in [0.3, 0.4) is 0 Å². The van der Waals surface area contributed by atoms with Gasteiger partial charge in [0, 0.05) is 13.1 Å². The van der Waals surface area contributed by atoms with Gasteiger partial charge in [-0.15, -0.1) is 5.10 Å². The van der Waals surface area contributed by atoms with E-state index in [1.54, 1.807) is 14.2 Å². The zero-order chi connectivity index (χ0) is 14.7. The van der Waals surface area contributed by atoms with Crippen molar-refractivity contribution in [3.8, 4) is 22.9 Å². The van der Waals surface area contributed by atoms with Gasteiger partial charge in [0.15, 0.2) is 5.82 Å². The molecule has 2 heterocycles. The Balaban J connectivity index is 1.91. The summed E-state index contributed by atoms with van der Waals surface area (Å²) in [6.45, 7) is 3.00. The van der Waals surface area contributed by atoms with Gasteiger partial charge in [-0.2, -0.15) is 4.98 Å². The predicted octanol–water partition coefficient (Wildman–Crippen LogP) is 1.33. The molecule has 21 heavy (non-hydrogen) atoms. The van der Waals surface area contributed by atoms with Crippen LogP contribution >= 0.6 is 0 Å². The van der Waals surface area contributed by atoms with Crippen molar-refractivity contribution in [2.24, 2.45) is 0 Å². The van der Waals surface area contributed by atoms with E-state index in [1.165, 1.54) is 0 Å². The van der Waals surface area contributed by atoms with Crippen LogP contribution in [0.25, 0.3) is 11.4 Å². The minimum atomic E-state index is 0.659. The van der Waals surface area contributed by atoms with E-state index in [1.807, 2.05) is 18.2 Å². The Morgan fingerprint density at radius 1 is 1.19 bits per heavy atom. The maximum absolute atomic E-state index is 5.38. The molecule has 0 amide bonds. The number of H-pyrrole nitrogens is 1. The number of hydrogen-bond donors (Lipinski definition) is 1. The number of nitrogens with zero attached hydrogens (tertiary/aromatic N) is 3. The van der Waals surface area contributed by atoms with E-state index < -0.39 is 0 Å². The number of methoxy groups -OCH3 is 2. The van der Waals surface area contributed by atoms with Crippen LogP contribution in [0.1, 0.15) is 0 Å². The van der Waals surface area contributed by atoms with Crippen LogP contribution in [0.2, 0.25) is 0 Å². The molecule has 7 heteroatoms. The van der Waals surface area contributed by atoms with Crippen molar-refractivity contribution in [1.29, 1.82) is 0 Å². The summed E-state index contributed by atoms with van der Waals surface area (Å²) in [6, 6.07) is 5.58. The lowest BCUT2D eigenvalue weighted by Crippen LogP contribution is -2.36. The molecule has 0 aliphatic carbocycles. The van der Waals surface area contributed by atoms with E-state index in [0.717, 1.165) is 30.2 Å². The van der Waals surface area contributed by atoms with Gasteiger partial charge < -0.3 is 19.1 Å². The zero-order valence-electron chi connectivity index (χ0n) is 12.1. The molecule has 1 N–H and O–H groups in total. The van der Waals surface area contributed by atoms with Crippen LogP contribution < -0.4 is 14.4 Å². The fourth-order valence-corrected chi connectivity index (χ4v) is 2.28. The average Bonchev–Trinajstić information content (AvgIpc) is 3.05. The number of aromatic nitrogens is 3. The van der Waals surface area contributed by atoms with Crippen molar-refractivity contribution in [1.82, 2.24) is 15.2 Å². The number of ether oxygens (including phenoxy) is 3. The summed E-state index contributed by atoms with van der Waals surface area (Å²) in [5.74, 6) is 2.81. The first-order chi connectivity index (χ1) is 10.3. The first-order valence-electron chi connectivity index (χ1n) is 6.79. The highest BCUT2D eigenvalue weighted by molar-refractivity contribution is 5.67. The molecule has 1 aromatic heterocycles. The van der Waals surface area contributed by atoms with E-state index in [4.69, 9.17) is 14.2 Å². The van der Waals surface area contributed by atoms with Gasteiger partial charge in [-0.1, -0.05) is 0 Å². The molecule has 0 saturated carbocycles. The number of benzene rings is 1. The Hall–Kier alpha value is -2.28. The summed E-state index contributed by atoms with van der Waals surface area (Å²) >= 11 is 0. The van der Waals surface area contributed by atoms with Crippen LogP contribution in [0.5, 0.6) is 11.5 Å². The molecular formula is C14H18N4O3. The van der Waals surface area contributed by atoms with Crippen LogP contribution in [-0.4, -0.2) is 55.7 Å². The maximum atomic E-state index is 5.38. The minimum absolute atomic E-state index is 0.659. The normalized spacial score (nSPS) is 15.0. The molecule has 0 spiro atoms. The highest BCUT2D eigenvalue weighted by Crippen LogP contribution is 2.31. The Morgan fingerprint density at radius 2 is 2.00 bits per heavy atom. The Kier molecular flexibility index (Phi) is 3.92. The van der Waals surface area contributed by atoms with E-state index in [0.29, 0.717) is 25.0 Å². The highest BCUT2D eigenvalue weighted by Gasteiger charge is 2.18. The van der Waals surface area contributed by atoms with Crippen molar-refractivity contribution in [3.05, 3.63) is 18.2 Å². The Morgan fingerprint density at radius 3 is 2.71 bits per heavy atom. The largest absolute Gasteiger partial charge is 0.497 e. The zero-order valence-corrected chi connectivity index (χ0v) is 12.1. The van der Waals surface area contributed by atoms with Crippen LogP contribution in [0, 0.1) is 0 Å². The quantitative estimate of drug-likeness (QED) is 0.915. The second-order valence-corrected chi connectivity index (χ2v) is 4.65. The first-order valence-corrected chi connectivity index (χ1v) is 6.79. The molecule has 1 saturated heterocycles. The molecule has 7 nitrogen and oxygen atoms in total. The van der Waals surface area contributed by atoms with E-state index >= 15 is 0 Å². The smallest absolute Gasteiger partial charge is 0.245 e. The molecule has 3 rings (SSSR count). The van der Waals surface area contributed by atoms with Crippen molar-refractivity contribution < 1.29 is 14.2 Å². The lowest BCUT2D eigenvalue weighted by atomic mass is 10.2. The molecule has 0 radical (unpaired) electrons. The first kappa shape index (κ1) is 13.7. The molecule has 2 aromatic rings. The standard InChI is InChI=1S/C14H18N4O3/c1-19-10-3-4-12(20-2)11(9-10)13-15-14(17-16-13)18-5-7-21-8-6-18/h3-4,9H,5-8H2,1-2H3,(H,15,16,17). The monoisotopic (exact) mass is 290 g/mol. The van der Waals surface area contributed by atoms with E-state index in [2.05, 4.69) is 20.1 Å². The van der Waals surface area contributed by atoms with E-state index in [9.17, 15) is 0 Å². The van der Waals surface area contributed by atoms with Crippen LogP contribution in [0.15, 0.2) is 18.2 Å². The van der Waals surface area contributed by atoms with Gasteiger partial charge in [-0.25, -0.2) is 0 Å². The molecule has 0 atom stereocenters. The van der Waals surface area contributed by atoms with Crippen molar-refractivity contribution >= 4 is 5.95 Å². The fraction of sp³-hybridized carbons (Fsp3) is 0.429. The Labute approximate surface area is 122 Å². The van der Waals surface area contributed by atoms with Crippen molar-refractivity contribution in [2.45, 2.75) is 0 Å². The summed E-state index contributed by atoms with van der Waals surface area (Å²) in [7, 11) is 3.26. The molecule has 1 fully saturated rings. The molecule has 112 valence electrons. The second-order valence-electron chi connectivity index (χ2n) is 4.65. The number of hydrogen-bond acceptors (Lipinski definition) is 6. The highest BCUT2D eigenvalue weighted by atomic mass is 16.5. The molecule has 0 bridgehead atoms. The SMILES string of the molecule is COc1ccc(OC)c(-c2nc(N3CCOCC3)n[nH]2)c1. The third kappa shape index (κ3) is 2.78. The molecule has 1 aliphatic heterocycles. The molecule has 1 aliphatic rings. The fourth-order valence-electron chi connectivity index (χ4n) is 2.28. The molecule has 1 aromatic carbocycles. The lowest BCUT2D eigenvalue weighted by molar-refractivity contribution is 0.122. The lowest BCUT2D eigenvalue weighted by Gasteiger charge is -2.25. The third-order valence-corrected chi connectivity index (χ3v) is 3.43. The molecular weight excluding hydrogens is 272 g/mol. The minimum Gasteiger partial charge on any atom is -0.497 e. The average molecular weight is 290 g/mol. The van der Waals surface area contributed by atoms with Gasteiger partial charge in [0.25, 0.3) is 0 Å². The summed E-state index contributed by atoms with van der Waals surface area (Å²) < 4.78 is 16.0. The summed E-state index contributed by atoms with van der Waals surface area (Å²) in [6.07, 6.45) is 0. The van der Waals surface area contributed by atoms with Gasteiger partial charge in [0.2, 0.25) is 5.95 Å². The maximum Gasteiger partial charge on any atom is 0.245 e. The summed E-state index contributed by atoms with van der Waals surface area (Å²) in [5.41, 5.74) is 0.823. The number of morpholine rings is 1. The Bertz CT molecular complexity index is 608. The number of anilines is 1. The summed E-state index contributed by atoms with van der Waals surface area (Å²) in [5, 5.41) is 7.25. The molecule has 0 unspecified atom stereocenters. The van der Waals surface area contributed by atoms with Gasteiger partial charge in [0.1, 0.15) is 11.5 Å². The van der Waals surface area contributed by atoms with Crippen molar-refractivity contribution in [2.75, 3.05) is 45.4 Å². The van der Waals surface area contributed by atoms with E-state index in [-0.39, 0.29) is 0 Å². The van der Waals surface area contributed by atoms with Gasteiger partial charge in [-0.05, 0) is 18.2 Å². The van der Waals surface area contributed by atoms with Crippen LogP contribution in [-0.2, 0) is 4.74 Å². The topological polar surface area (TPSA) is 72.5 Å². The summed E-state index contributed by atoms with van der Waals surface area (Å²) in [4.78, 5) is 6.65. The second kappa shape index (κ2) is 6.01. The third-order valence-electron chi connectivity index (χ3n) is 3.43. The van der Waals surface area contributed by atoms with Gasteiger partial charge >= 0.3 is 0 Å². The number of aromatic amines is 1. The van der Waals surface area contributed by atoms with Crippen molar-refractivity contribution in [3.63, 3.8) is 0 Å². The predicted molar refractivity (Wildman–Crippen MR) is 78.0 cm³/mol. The van der Waals surface area contributed by atoms with Crippen LogP contribution in [0.4, 0.5) is 5.95 Å².